The molecule has 0 heterocycles. The van der Waals surface area contributed by atoms with E-state index in [1.54, 1.807) is 7.11 Å². The van der Waals surface area contributed by atoms with Crippen LogP contribution in [0.4, 0.5) is 0 Å². The van der Waals surface area contributed by atoms with E-state index in [0.29, 0.717) is 19.4 Å². The molecule has 1 aliphatic rings. The van der Waals surface area contributed by atoms with Crippen molar-refractivity contribution in [3.63, 3.8) is 0 Å². The molecule has 0 aliphatic heterocycles. The third-order valence-corrected chi connectivity index (χ3v) is 3.90. The van der Waals surface area contributed by atoms with Gasteiger partial charge in [0.2, 0.25) is 5.91 Å². The van der Waals surface area contributed by atoms with E-state index in [1.165, 1.54) is 0 Å². The number of carboxylic acids is 1. The lowest BCUT2D eigenvalue weighted by Gasteiger charge is -2.30. The minimum atomic E-state index is -0.854. The number of aliphatic carboxylic acids is 1. The Bertz CT molecular complexity index is 317. The summed E-state index contributed by atoms with van der Waals surface area (Å²) in [7, 11) is 1.60. The van der Waals surface area contributed by atoms with Crippen molar-refractivity contribution in [3.8, 4) is 0 Å². The Labute approximate surface area is 114 Å². The maximum absolute atomic E-state index is 12.3. The van der Waals surface area contributed by atoms with Crippen LogP contribution in [-0.2, 0) is 14.3 Å². The Morgan fingerprint density at radius 1 is 1.26 bits per heavy atom. The first-order chi connectivity index (χ1) is 8.97. The maximum atomic E-state index is 12.3. The Morgan fingerprint density at radius 2 is 1.84 bits per heavy atom. The van der Waals surface area contributed by atoms with Gasteiger partial charge in [0.25, 0.3) is 0 Å². The highest BCUT2D eigenvalue weighted by Gasteiger charge is 2.36. The van der Waals surface area contributed by atoms with Crippen LogP contribution in [0, 0.1) is 17.8 Å². The van der Waals surface area contributed by atoms with E-state index in [0.717, 1.165) is 12.8 Å². The Kier molecular flexibility index (Phi) is 6.28. The van der Waals surface area contributed by atoms with Crippen LogP contribution in [0.1, 0.15) is 39.5 Å². The van der Waals surface area contributed by atoms with Gasteiger partial charge in [-0.15, -0.1) is 0 Å². The molecular formula is C14H25NO4. The van der Waals surface area contributed by atoms with Crippen molar-refractivity contribution in [2.45, 2.75) is 45.6 Å². The Balaban J connectivity index is 2.66. The van der Waals surface area contributed by atoms with Crippen molar-refractivity contribution in [1.29, 1.82) is 0 Å². The zero-order valence-corrected chi connectivity index (χ0v) is 12.0. The minimum absolute atomic E-state index is 0.0612. The number of hydrogen-bond donors (Lipinski definition) is 2. The summed E-state index contributed by atoms with van der Waals surface area (Å²) in [5.74, 6) is -1.67. The van der Waals surface area contributed by atoms with Crippen LogP contribution >= 0.6 is 0 Å². The minimum Gasteiger partial charge on any atom is -0.481 e. The lowest BCUT2D eigenvalue weighted by Crippen LogP contribution is -2.47. The molecule has 5 heteroatoms. The van der Waals surface area contributed by atoms with E-state index in [-0.39, 0.29) is 17.9 Å². The fourth-order valence-electron chi connectivity index (χ4n) is 2.61. The second-order valence-electron chi connectivity index (χ2n) is 5.65. The fraction of sp³-hybridized carbons (Fsp3) is 0.857. The summed E-state index contributed by atoms with van der Waals surface area (Å²) in [4.78, 5) is 23.5. The summed E-state index contributed by atoms with van der Waals surface area (Å²) in [6.07, 6.45) is 3.09. The number of nitrogens with one attached hydrogen (secondary N) is 1. The molecule has 3 atom stereocenters. The van der Waals surface area contributed by atoms with Gasteiger partial charge >= 0.3 is 5.97 Å². The topological polar surface area (TPSA) is 75.6 Å². The first-order valence-corrected chi connectivity index (χ1v) is 6.99. The van der Waals surface area contributed by atoms with Crippen LogP contribution < -0.4 is 5.32 Å². The van der Waals surface area contributed by atoms with E-state index < -0.39 is 17.8 Å². The summed E-state index contributed by atoms with van der Waals surface area (Å²) in [6, 6.07) is -0.0612. The lowest BCUT2D eigenvalue weighted by molar-refractivity contribution is -0.149. The van der Waals surface area contributed by atoms with Gasteiger partial charge < -0.3 is 15.2 Å². The molecule has 3 unspecified atom stereocenters. The van der Waals surface area contributed by atoms with E-state index >= 15 is 0 Å². The molecule has 1 amide bonds. The predicted octanol–water partition coefficient (Wildman–Crippen LogP) is 1.66. The number of ether oxygens (including phenoxy) is 1. The van der Waals surface area contributed by atoms with Crippen molar-refractivity contribution in [1.82, 2.24) is 5.32 Å². The Hall–Kier alpha value is -1.10. The molecule has 1 rings (SSSR count). The van der Waals surface area contributed by atoms with Gasteiger partial charge in [0.15, 0.2) is 0 Å². The van der Waals surface area contributed by atoms with Crippen molar-refractivity contribution in [3.05, 3.63) is 0 Å². The number of rotatable bonds is 6. The van der Waals surface area contributed by atoms with E-state index in [4.69, 9.17) is 4.74 Å². The second-order valence-corrected chi connectivity index (χ2v) is 5.65. The van der Waals surface area contributed by atoms with Crippen molar-refractivity contribution >= 4 is 11.9 Å². The largest absolute Gasteiger partial charge is 0.481 e. The molecule has 5 nitrogen and oxygen atoms in total. The highest BCUT2D eigenvalue weighted by atomic mass is 16.5. The van der Waals surface area contributed by atoms with Gasteiger partial charge in [-0.05, 0) is 18.8 Å². The summed E-state index contributed by atoms with van der Waals surface area (Å²) < 4.78 is 5.10. The van der Waals surface area contributed by atoms with Crippen LogP contribution in [-0.4, -0.2) is 36.7 Å². The lowest BCUT2D eigenvalue weighted by atomic mass is 9.78. The first kappa shape index (κ1) is 16.0. The summed E-state index contributed by atoms with van der Waals surface area (Å²) in [5.41, 5.74) is 0. The third kappa shape index (κ3) is 4.49. The van der Waals surface area contributed by atoms with Crippen LogP contribution in [0.5, 0.6) is 0 Å². The van der Waals surface area contributed by atoms with Crippen LogP contribution in [0.3, 0.4) is 0 Å². The monoisotopic (exact) mass is 271 g/mol. The highest BCUT2D eigenvalue weighted by molar-refractivity contribution is 5.85. The smallest absolute Gasteiger partial charge is 0.307 e. The first-order valence-electron chi connectivity index (χ1n) is 6.99. The zero-order chi connectivity index (χ0) is 14.4. The molecule has 0 spiro atoms. The summed E-state index contributed by atoms with van der Waals surface area (Å²) in [5, 5.41) is 12.1. The molecular weight excluding hydrogens is 246 g/mol. The number of carboxylic acid groups (broad SMARTS) is 1. The van der Waals surface area contributed by atoms with Crippen molar-refractivity contribution in [2.75, 3.05) is 13.7 Å². The van der Waals surface area contributed by atoms with Crippen LogP contribution in [0.2, 0.25) is 0 Å². The van der Waals surface area contributed by atoms with Crippen molar-refractivity contribution < 1.29 is 19.4 Å². The molecule has 1 aliphatic carbocycles. The fourth-order valence-corrected chi connectivity index (χ4v) is 2.61. The summed E-state index contributed by atoms with van der Waals surface area (Å²) in [6.45, 7) is 4.48. The van der Waals surface area contributed by atoms with Crippen LogP contribution in [0.15, 0.2) is 0 Å². The average Bonchev–Trinajstić information content (AvgIpc) is 2.37. The second kappa shape index (κ2) is 7.48. The Morgan fingerprint density at radius 3 is 2.32 bits per heavy atom. The van der Waals surface area contributed by atoms with Gasteiger partial charge in [-0.1, -0.05) is 26.7 Å². The van der Waals surface area contributed by atoms with Crippen molar-refractivity contribution in [2.24, 2.45) is 17.8 Å². The number of methoxy groups -OCH3 is 1. The quantitative estimate of drug-likeness (QED) is 0.770. The average molecular weight is 271 g/mol. The molecule has 0 aromatic rings. The van der Waals surface area contributed by atoms with Gasteiger partial charge in [0.1, 0.15) is 0 Å². The zero-order valence-electron chi connectivity index (χ0n) is 12.0. The summed E-state index contributed by atoms with van der Waals surface area (Å²) >= 11 is 0. The van der Waals surface area contributed by atoms with E-state index in [2.05, 4.69) is 5.32 Å². The number of amides is 1. The van der Waals surface area contributed by atoms with E-state index in [1.807, 2.05) is 13.8 Å². The molecule has 110 valence electrons. The molecule has 2 N–H and O–H groups in total. The van der Waals surface area contributed by atoms with E-state index in [9.17, 15) is 14.7 Å². The molecule has 1 fully saturated rings. The molecule has 0 aromatic carbocycles. The SMILES string of the molecule is COCC(NC(=O)C1CCCCC1C(=O)O)C(C)C. The molecule has 0 radical (unpaired) electrons. The van der Waals surface area contributed by atoms with Crippen LogP contribution in [0.25, 0.3) is 0 Å². The molecule has 1 saturated carbocycles. The predicted molar refractivity (Wildman–Crippen MR) is 71.7 cm³/mol. The normalized spacial score (nSPS) is 25.1. The standard InChI is InChI=1S/C14H25NO4/c1-9(2)12(8-19-3)15-13(16)10-6-4-5-7-11(10)14(17)18/h9-12H,4-8H2,1-3H3,(H,15,16)(H,17,18). The molecule has 19 heavy (non-hydrogen) atoms. The molecule has 0 saturated heterocycles. The van der Waals surface area contributed by atoms with Gasteiger partial charge in [-0.25, -0.2) is 0 Å². The number of hydrogen-bond acceptors (Lipinski definition) is 3. The molecule has 0 bridgehead atoms. The molecule has 0 aromatic heterocycles. The highest BCUT2D eigenvalue weighted by Crippen LogP contribution is 2.30. The van der Waals surface area contributed by atoms with Gasteiger partial charge in [-0.2, -0.15) is 0 Å². The van der Waals surface area contributed by atoms with Gasteiger partial charge in [0, 0.05) is 7.11 Å². The number of carbonyl (C=O) groups excluding carboxylic acids is 1. The maximum Gasteiger partial charge on any atom is 0.307 e. The van der Waals surface area contributed by atoms with Gasteiger partial charge in [-0.3, -0.25) is 9.59 Å². The van der Waals surface area contributed by atoms with Gasteiger partial charge in [0.05, 0.1) is 24.5 Å². The number of carbonyl (C=O) groups is 2. The third-order valence-electron chi connectivity index (χ3n) is 3.90.